The molecule has 0 aliphatic carbocycles. The van der Waals surface area contributed by atoms with Crippen molar-refractivity contribution < 1.29 is 19.4 Å². The van der Waals surface area contributed by atoms with Gasteiger partial charge in [-0.05, 0) is 44.8 Å². The zero-order valence-corrected chi connectivity index (χ0v) is 20.0. The van der Waals surface area contributed by atoms with Crippen molar-refractivity contribution in [3.05, 3.63) is 59.7 Å². The van der Waals surface area contributed by atoms with E-state index in [2.05, 4.69) is 17.1 Å². The third kappa shape index (κ3) is 6.79. The van der Waals surface area contributed by atoms with Crippen LogP contribution in [0.25, 0.3) is 0 Å². The van der Waals surface area contributed by atoms with Crippen LogP contribution in [-0.2, 0) is 22.4 Å². The number of carbonyl (C=O) groups is 2. The summed E-state index contributed by atoms with van der Waals surface area (Å²) in [5.74, 6) is 0.542. The molecule has 2 aromatic carbocycles. The second-order valence-corrected chi connectivity index (χ2v) is 9.18. The molecule has 2 N–H and O–H groups in total. The molecule has 0 aromatic heterocycles. The van der Waals surface area contributed by atoms with Crippen molar-refractivity contribution >= 4 is 17.5 Å². The Bertz CT molecular complexity index is 948. The lowest BCUT2D eigenvalue weighted by Gasteiger charge is -2.33. The molecule has 1 aliphatic heterocycles. The smallest absolute Gasteiger partial charge is 0.228 e. The van der Waals surface area contributed by atoms with Gasteiger partial charge < -0.3 is 25.0 Å². The van der Waals surface area contributed by atoms with E-state index in [1.54, 1.807) is 4.90 Å². The van der Waals surface area contributed by atoms with Gasteiger partial charge in [0.05, 0.1) is 25.5 Å². The molecule has 1 heterocycles. The number of nitrogens with one attached hydrogen (secondary N) is 1. The third-order valence-corrected chi connectivity index (χ3v) is 5.95. The minimum atomic E-state index is -0.282. The van der Waals surface area contributed by atoms with Crippen LogP contribution in [0, 0.1) is 5.92 Å². The number of ether oxygens (including phenoxy) is 1. The van der Waals surface area contributed by atoms with Crippen molar-refractivity contribution in [3.8, 4) is 5.75 Å². The molecule has 3 atom stereocenters. The maximum atomic E-state index is 13.2. The van der Waals surface area contributed by atoms with Crippen molar-refractivity contribution in [2.45, 2.75) is 38.8 Å². The standard InChI is InChI=1S/C26H35N3O4/c1-18-15-29(19(2)17-30)26(32)14-21-13-22(10-11-23(21)33-24(18)16-28(3)4)27-25(31)12-20-8-6-5-7-9-20/h5-11,13,18-19,24,30H,12,14-17H2,1-4H3,(H,27,31)/t18-,19-,24-/m0/s1. The van der Waals surface area contributed by atoms with E-state index in [1.807, 2.05) is 69.6 Å². The molecule has 0 saturated carbocycles. The number of amides is 2. The molecule has 1 aliphatic rings. The molecule has 0 unspecified atom stereocenters. The molecule has 0 spiro atoms. The lowest BCUT2D eigenvalue weighted by Crippen LogP contribution is -2.47. The second-order valence-electron chi connectivity index (χ2n) is 9.18. The molecule has 7 nitrogen and oxygen atoms in total. The maximum absolute atomic E-state index is 13.2. The largest absolute Gasteiger partial charge is 0.488 e. The van der Waals surface area contributed by atoms with Crippen LogP contribution in [0.4, 0.5) is 5.69 Å². The zero-order chi connectivity index (χ0) is 24.0. The topological polar surface area (TPSA) is 82.1 Å². The number of rotatable bonds is 7. The van der Waals surface area contributed by atoms with Gasteiger partial charge in [-0.15, -0.1) is 0 Å². The van der Waals surface area contributed by atoms with Crippen LogP contribution in [0.15, 0.2) is 48.5 Å². The first-order chi connectivity index (χ1) is 15.8. The van der Waals surface area contributed by atoms with Gasteiger partial charge in [-0.1, -0.05) is 37.3 Å². The van der Waals surface area contributed by atoms with Crippen LogP contribution < -0.4 is 10.1 Å². The molecule has 0 radical (unpaired) electrons. The Balaban J connectivity index is 1.86. The Morgan fingerprint density at radius 3 is 2.64 bits per heavy atom. The average molecular weight is 454 g/mol. The highest BCUT2D eigenvalue weighted by Gasteiger charge is 2.30. The van der Waals surface area contributed by atoms with E-state index in [1.165, 1.54) is 0 Å². The van der Waals surface area contributed by atoms with Crippen LogP contribution in [0.5, 0.6) is 5.75 Å². The van der Waals surface area contributed by atoms with Gasteiger partial charge in [0, 0.05) is 30.3 Å². The highest BCUT2D eigenvalue weighted by molar-refractivity contribution is 5.92. The molecular weight excluding hydrogens is 418 g/mol. The van der Waals surface area contributed by atoms with Gasteiger partial charge in [0.15, 0.2) is 0 Å². The Kier molecular flexibility index (Phi) is 8.47. The summed E-state index contributed by atoms with van der Waals surface area (Å²) < 4.78 is 6.41. The quantitative estimate of drug-likeness (QED) is 0.674. The zero-order valence-electron chi connectivity index (χ0n) is 20.0. The lowest BCUT2D eigenvalue weighted by atomic mass is 10.0. The van der Waals surface area contributed by atoms with E-state index in [0.29, 0.717) is 24.5 Å². The summed E-state index contributed by atoms with van der Waals surface area (Å²) in [5.41, 5.74) is 2.29. The summed E-state index contributed by atoms with van der Waals surface area (Å²) in [7, 11) is 3.99. The second kappa shape index (κ2) is 11.3. The van der Waals surface area contributed by atoms with E-state index < -0.39 is 0 Å². The fourth-order valence-corrected chi connectivity index (χ4v) is 4.07. The summed E-state index contributed by atoms with van der Waals surface area (Å²) in [6.45, 7) is 5.03. The fourth-order valence-electron chi connectivity index (χ4n) is 4.07. The minimum Gasteiger partial charge on any atom is -0.488 e. The van der Waals surface area contributed by atoms with Crippen LogP contribution in [0.3, 0.4) is 0 Å². The predicted octanol–water partition coefficient (Wildman–Crippen LogP) is 2.58. The lowest BCUT2D eigenvalue weighted by molar-refractivity contribution is -0.134. The Hall–Kier alpha value is -2.90. The SMILES string of the molecule is C[C@H]1CN([C@@H](C)CO)C(=O)Cc2cc(NC(=O)Cc3ccccc3)ccc2O[C@H]1CN(C)C. The van der Waals surface area contributed by atoms with Crippen molar-refractivity contribution in [1.29, 1.82) is 0 Å². The van der Waals surface area contributed by atoms with Crippen molar-refractivity contribution in [1.82, 2.24) is 9.80 Å². The average Bonchev–Trinajstić information content (AvgIpc) is 2.82. The highest BCUT2D eigenvalue weighted by atomic mass is 16.5. The Morgan fingerprint density at radius 2 is 1.97 bits per heavy atom. The number of hydrogen-bond donors (Lipinski definition) is 2. The molecule has 33 heavy (non-hydrogen) atoms. The maximum Gasteiger partial charge on any atom is 0.228 e. The molecule has 0 saturated heterocycles. The third-order valence-electron chi connectivity index (χ3n) is 5.95. The van der Waals surface area contributed by atoms with E-state index in [4.69, 9.17) is 4.74 Å². The molecule has 0 bridgehead atoms. The first-order valence-corrected chi connectivity index (χ1v) is 11.4. The van der Waals surface area contributed by atoms with Crippen molar-refractivity contribution in [3.63, 3.8) is 0 Å². The number of benzene rings is 2. The van der Waals surface area contributed by atoms with Crippen molar-refractivity contribution in [2.24, 2.45) is 5.92 Å². The molecule has 2 amide bonds. The van der Waals surface area contributed by atoms with Crippen LogP contribution in [0.2, 0.25) is 0 Å². The summed E-state index contributed by atoms with van der Waals surface area (Å²) in [5, 5.41) is 12.7. The highest BCUT2D eigenvalue weighted by Crippen LogP contribution is 2.29. The summed E-state index contributed by atoms with van der Waals surface area (Å²) in [6.07, 6.45) is 0.290. The molecule has 3 rings (SSSR count). The van der Waals surface area contributed by atoms with Crippen LogP contribution in [-0.4, -0.2) is 72.7 Å². The van der Waals surface area contributed by atoms with Gasteiger partial charge in [-0.3, -0.25) is 9.59 Å². The summed E-state index contributed by atoms with van der Waals surface area (Å²) in [4.78, 5) is 29.5. The van der Waals surface area contributed by atoms with E-state index in [-0.39, 0.29) is 49.3 Å². The molecule has 2 aromatic rings. The van der Waals surface area contributed by atoms with Crippen LogP contribution in [0.1, 0.15) is 25.0 Å². The molecular formula is C26H35N3O4. The van der Waals surface area contributed by atoms with E-state index in [0.717, 1.165) is 11.1 Å². The van der Waals surface area contributed by atoms with Crippen molar-refractivity contribution in [2.75, 3.05) is 39.1 Å². The Morgan fingerprint density at radius 1 is 1.24 bits per heavy atom. The van der Waals surface area contributed by atoms with Gasteiger partial charge in [0.1, 0.15) is 11.9 Å². The first kappa shape index (κ1) is 24.7. The van der Waals surface area contributed by atoms with Crippen LogP contribution >= 0.6 is 0 Å². The number of nitrogens with zero attached hydrogens (tertiary/aromatic N) is 2. The van der Waals surface area contributed by atoms with E-state index >= 15 is 0 Å². The normalized spacial score (nSPS) is 19.7. The monoisotopic (exact) mass is 453 g/mol. The fraction of sp³-hybridized carbons (Fsp3) is 0.462. The Labute approximate surface area is 196 Å². The minimum absolute atomic E-state index is 0.0634. The number of fused-ring (bicyclic) bond motifs is 1. The van der Waals surface area contributed by atoms with Gasteiger partial charge in [-0.25, -0.2) is 0 Å². The summed E-state index contributed by atoms with van der Waals surface area (Å²) >= 11 is 0. The predicted molar refractivity (Wildman–Crippen MR) is 129 cm³/mol. The molecule has 7 heteroatoms. The molecule has 0 fully saturated rings. The number of hydrogen-bond acceptors (Lipinski definition) is 5. The van der Waals surface area contributed by atoms with Gasteiger partial charge >= 0.3 is 0 Å². The number of aliphatic hydroxyl groups excluding tert-OH is 1. The van der Waals surface area contributed by atoms with Gasteiger partial charge in [0.25, 0.3) is 0 Å². The number of carbonyl (C=O) groups excluding carboxylic acids is 2. The van der Waals surface area contributed by atoms with Gasteiger partial charge in [0.2, 0.25) is 11.8 Å². The number of anilines is 1. The number of likely N-dealkylation sites (N-methyl/N-ethyl adjacent to an activating group) is 1. The van der Waals surface area contributed by atoms with Gasteiger partial charge in [-0.2, -0.15) is 0 Å². The first-order valence-electron chi connectivity index (χ1n) is 11.4. The van der Waals surface area contributed by atoms with E-state index in [9.17, 15) is 14.7 Å². The molecule has 178 valence electrons. The number of aliphatic hydroxyl groups is 1. The summed E-state index contributed by atoms with van der Waals surface area (Å²) in [6, 6.07) is 14.8.